The molecule has 5 heteroatoms. The minimum atomic E-state index is -0.254. The van der Waals surface area contributed by atoms with E-state index in [9.17, 15) is 9.18 Å². The summed E-state index contributed by atoms with van der Waals surface area (Å²) >= 11 is 1.72. The van der Waals surface area contributed by atoms with Gasteiger partial charge in [0.2, 0.25) is 5.91 Å². The number of nitrogens with zero attached hydrogens (tertiary/aromatic N) is 2. The highest BCUT2D eigenvalue weighted by Crippen LogP contribution is 2.35. The van der Waals surface area contributed by atoms with E-state index in [0.717, 1.165) is 30.5 Å². The van der Waals surface area contributed by atoms with Crippen molar-refractivity contribution in [2.45, 2.75) is 24.9 Å². The quantitative estimate of drug-likeness (QED) is 0.555. The van der Waals surface area contributed by atoms with Crippen LogP contribution in [0.3, 0.4) is 0 Å². The molecule has 1 aliphatic heterocycles. The molecular formula is C24H25FN2OS. The van der Waals surface area contributed by atoms with Crippen LogP contribution in [0.2, 0.25) is 0 Å². The van der Waals surface area contributed by atoms with Crippen molar-refractivity contribution in [1.29, 1.82) is 0 Å². The Morgan fingerprint density at radius 2 is 1.83 bits per heavy atom. The Bertz CT molecular complexity index is 927. The smallest absolute Gasteiger partial charge is 0.237 e. The number of hydrogen-bond donors (Lipinski definition) is 0. The standard InChI is InChI=1S/C24H25FN2OS/c1-26(17-23(28)27-15-5-9-21(27)22-10-6-16-29-22)24(18-7-3-2-4-8-18)19-11-13-20(25)14-12-19/h2-4,6-8,10-14,16,21,24H,5,9,15,17H2,1H3/t21-,24-/m0/s1. The molecule has 0 radical (unpaired) electrons. The van der Waals surface area contributed by atoms with Crippen LogP contribution in [0.4, 0.5) is 4.39 Å². The minimum Gasteiger partial charge on any atom is -0.334 e. The Labute approximate surface area is 175 Å². The molecule has 150 valence electrons. The number of hydrogen-bond acceptors (Lipinski definition) is 3. The first-order valence-corrected chi connectivity index (χ1v) is 10.8. The van der Waals surface area contributed by atoms with Crippen molar-refractivity contribution < 1.29 is 9.18 Å². The monoisotopic (exact) mass is 408 g/mol. The molecule has 3 aromatic rings. The van der Waals surface area contributed by atoms with Crippen LogP contribution >= 0.6 is 11.3 Å². The van der Waals surface area contributed by atoms with Crippen LogP contribution in [0.15, 0.2) is 72.1 Å². The Hall–Kier alpha value is -2.50. The van der Waals surface area contributed by atoms with Gasteiger partial charge in [-0.15, -0.1) is 11.3 Å². The van der Waals surface area contributed by atoms with Crippen molar-refractivity contribution in [2.75, 3.05) is 20.1 Å². The maximum absolute atomic E-state index is 13.5. The largest absolute Gasteiger partial charge is 0.334 e. The molecule has 1 saturated heterocycles. The number of rotatable bonds is 6. The third-order valence-corrected chi connectivity index (χ3v) is 6.54. The SMILES string of the molecule is CN(CC(=O)N1CCC[C@H]1c1cccs1)[C@@H](c1ccccc1)c1ccc(F)cc1. The van der Waals surface area contributed by atoms with Crippen LogP contribution in [0.25, 0.3) is 0 Å². The summed E-state index contributed by atoms with van der Waals surface area (Å²) in [5.41, 5.74) is 2.06. The molecule has 1 amide bonds. The lowest BCUT2D eigenvalue weighted by Gasteiger charge is -2.31. The fourth-order valence-electron chi connectivity index (χ4n) is 4.22. The van der Waals surface area contributed by atoms with E-state index in [1.807, 2.05) is 36.2 Å². The fourth-order valence-corrected chi connectivity index (χ4v) is 5.09. The Balaban J connectivity index is 1.55. The van der Waals surface area contributed by atoms with Crippen LogP contribution in [0.5, 0.6) is 0 Å². The number of likely N-dealkylation sites (tertiary alicyclic amines) is 1. The molecule has 2 heterocycles. The summed E-state index contributed by atoms with van der Waals surface area (Å²) < 4.78 is 13.5. The Morgan fingerprint density at radius 3 is 2.52 bits per heavy atom. The second-order valence-electron chi connectivity index (χ2n) is 7.54. The lowest BCUT2D eigenvalue weighted by molar-refractivity contribution is -0.133. The lowest BCUT2D eigenvalue weighted by atomic mass is 9.97. The lowest BCUT2D eigenvalue weighted by Crippen LogP contribution is -2.40. The number of thiophene rings is 1. The second kappa shape index (κ2) is 8.89. The van der Waals surface area contributed by atoms with Gasteiger partial charge in [0.1, 0.15) is 5.82 Å². The molecule has 0 bridgehead atoms. The summed E-state index contributed by atoms with van der Waals surface area (Å²) in [6, 6.07) is 20.9. The van der Waals surface area contributed by atoms with Crippen LogP contribution in [0, 0.1) is 5.82 Å². The van der Waals surface area contributed by atoms with E-state index < -0.39 is 0 Å². The third kappa shape index (κ3) is 4.41. The fraction of sp³-hybridized carbons (Fsp3) is 0.292. The highest BCUT2D eigenvalue weighted by atomic mass is 32.1. The van der Waals surface area contributed by atoms with Crippen molar-refractivity contribution in [3.05, 3.63) is 93.9 Å². The number of halogens is 1. The number of carbonyl (C=O) groups excluding carboxylic acids is 1. The highest BCUT2D eigenvalue weighted by Gasteiger charge is 2.32. The predicted octanol–water partition coefficient (Wildman–Crippen LogP) is 5.27. The summed E-state index contributed by atoms with van der Waals surface area (Å²) in [6.07, 6.45) is 2.06. The zero-order valence-electron chi connectivity index (χ0n) is 16.5. The van der Waals surface area contributed by atoms with E-state index in [0.29, 0.717) is 6.54 Å². The molecule has 2 aromatic carbocycles. The normalized spacial score (nSPS) is 17.6. The van der Waals surface area contributed by atoms with Gasteiger partial charge >= 0.3 is 0 Å². The molecule has 0 aliphatic carbocycles. The maximum atomic E-state index is 13.5. The molecule has 0 saturated carbocycles. The van der Waals surface area contributed by atoms with E-state index in [1.165, 1.54) is 17.0 Å². The van der Waals surface area contributed by atoms with Crippen molar-refractivity contribution in [3.63, 3.8) is 0 Å². The topological polar surface area (TPSA) is 23.6 Å². The van der Waals surface area contributed by atoms with Crippen LogP contribution in [0.1, 0.15) is 40.9 Å². The van der Waals surface area contributed by atoms with E-state index in [2.05, 4.69) is 28.5 Å². The molecule has 1 aliphatic rings. The van der Waals surface area contributed by atoms with Crippen LogP contribution < -0.4 is 0 Å². The average Bonchev–Trinajstić information content (AvgIpc) is 3.42. The molecule has 3 nitrogen and oxygen atoms in total. The van der Waals surface area contributed by atoms with Crippen molar-refractivity contribution in [3.8, 4) is 0 Å². The van der Waals surface area contributed by atoms with Crippen LogP contribution in [-0.4, -0.2) is 35.8 Å². The van der Waals surface area contributed by atoms with Gasteiger partial charge in [-0.1, -0.05) is 48.5 Å². The first-order valence-electron chi connectivity index (χ1n) is 9.97. The number of likely N-dealkylation sites (N-methyl/N-ethyl adjacent to an activating group) is 1. The molecule has 2 atom stereocenters. The Morgan fingerprint density at radius 1 is 1.10 bits per heavy atom. The third-order valence-electron chi connectivity index (χ3n) is 5.57. The van der Waals surface area contributed by atoms with Gasteiger partial charge in [-0.05, 0) is 54.6 Å². The second-order valence-corrected chi connectivity index (χ2v) is 8.52. The van der Waals surface area contributed by atoms with Gasteiger partial charge in [-0.2, -0.15) is 0 Å². The number of amides is 1. The maximum Gasteiger partial charge on any atom is 0.237 e. The molecule has 29 heavy (non-hydrogen) atoms. The highest BCUT2D eigenvalue weighted by molar-refractivity contribution is 7.10. The number of carbonyl (C=O) groups is 1. The summed E-state index contributed by atoms with van der Waals surface area (Å²) in [5.74, 6) is -0.110. The molecule has 0 unspecified atom stereocenters. The summed E-state index contributed by atoms with van der Waals surface area (Å²) in [7, 11) is 1.97. The number of benzene rings is 2. The molecule has 1 aromatic heterocycles. The molecule has 1 fully saturated rings. The van der Waals surface area contributed by atoms with Crippen LogP contribution in [-0.2, 0) is 4.79 Å². The van der Waals surface area contributed by atoms with E-state index >= 15 is 0 Å². The molecule has 4 rings (SSSR count). The van der Waals surface area contributed by atoms with E-state index in [4.69, 9.17) is 0 Å². The van der Waals surface area contributed by atoms with Gasteiger partial charge in [0.15, 0.2) is 0 Å². The zero-order valence-corrected chi connectivity index (χ0v) is 17.3. The minimum absolute atomic E-state index is 0.108. The van der Waals surface area contributed by atoms with Gasteiger partial charge in [0, 0.05) is 11.4 Å². The van der Waals surface area contributed by atoms with Gasteiger partial charge in [-0.3, -0.25) is 9.69 Å². The van der Waals surface area contributed by atoms with Gasteiger partial charge in [0.05, 0.1) is 18.6 Å². The summed E-state index contributed by atoms with van der Waals surface area (Å²) in [6.45, 7) is 1.13. The van der Waals surface area contributed by atoms with Gasteiger partial charge < -0.3 is 4.90 Å². The van der Waals surface area contributed by atoms with Crippen molar-refractivity contribution in [2.24, 2.45) is 0 Å². The first kappa shape index (κ1) is 19.8. The van der Waals surface area contributed by atoms with Crippen molar-refractivity contribution in [1.82, 2.24) is 9.80 Å². The Kier molecular flexibility index (Phi) is 6.07. The van der Waals surface area contributed by atoms with Gasteiger partial charge in [0.25, 0.3) is 0 Å². The summed E-state index contributed by atoms with van der Waals surface area (Å²) in [5, 5.41) is 2.07. The summed E-state index contributed by atoms with van der Waals surface area (Å²) in [4.78, 5) is 18.6. The van der Waals surface area contributed by atoms with Crippen molar-refractivity contribution >= 4 is 17.2 Å². The van der Waals surface area contributed by atoms with E-state index in [1.54, 1.807) is 23.5 Å². The first-order chi connectivity index (χ1) is 14.1. The molecular weight excluding hydrogens is 383 g/mol. The predicted molar refractivity (Wildman–Crippen MR) is 115 cm³/mol. The van der Waals surface area contributed by atoms with Gasteiger partial charge in [-0.25, -0.2) is 4.39 Å². The molecule has 0 spiro atoms. The van der Waals surface area contributed by atoms with E-state index in [-0.39, 0.29) is 23.8 Å². The molecule has 0 N–H and O–H groups in total. The average molecular weight is 409 g/mol. The zero-order chi connectivity index (χ0) is 20.2.